The fourth-order valence-corrected chi connectivity index (χ4v) is 3.94. The molecule has 3 rings (SSSR count). The van der Waals surface area contributed by atoms with Gasteiger partial charge in [-0.2, -0.15) is 0 Å². The quantitative estimate of drug-likeness (QED) is 0.511. The summed E-state index contributed by atoms with van der Waals surface area (Å²) >= 11 is 1.70. The summed E-state index contributed by atoms with van der Waals surface area (Å²) in [7, 11) is 0. The zero-order chi connectivity index (χ0) is 21.0. The number of carbonyl (C=O) groups is 1. The Morgan fingerprint density at radius 1 is 1.00 bits per heavy atom. The van der Waals surface area contributed by atoms with Crippen LogP contribution in [0.3, 0.4) is 0 Å². The van der Waals surface area contributed by atoms with E-state index in [1.807, 2.05) is 24.7 Å². The molecular weight excluding hydrogens is 387 g/mol. The van der Waals surface area contributed by atoms with Crippen LogP contribution in [0, 0.1) is 19.7 Å². The Kier molecular flexibility index (Phi) is 6.77. The van der Waals surface area contributed by atoms with Gasteiger partial charge >= 0.3 is 5.97 Å². The number of hydrogen-bond acceptors (Lipinski definition) is 3. The Balaban J connectivity index is 1.79. The molecule has 152 valence electrons. The van der Waals surface area contributed by atoms with Crippen molar-refractivity contribution >= 4 is 17.7 Å². The Morgan fingerprint density at radius 2 is 1.62 bits per heavy atom. The molecule has 2 N–H and O–H groups in total. The lowest BCUT2D eigenvalue weighted by Crippen LogP contribution is -2.15. The van der Waals surface area contributed by atoms with Crippen molar-refractivity contribution in [2.45, 2.75) is 38.4 Å². The molecule has 6 heteroatoms. The second-order valence-corrected chi connectivity index (χ2v) is 7.87. The van der Waals surface area contributed by atoms with Crippen LogP contribution in [0.5, 0.6) is 0 Å². The molecule has 0 unspecified atom stereocenters. The predicted molar refractivity (Wildman–Crippen MR) is 115 cm³/mol. The van der Waals surface area contributed by atoms with Crippen molar-refractivity contribution in [3.8, 4) is 0 Å². The lowest BCUT2D eigenvalue weighted by atomic mass is 10.1. The zero-order valence-electron chi connectivity index (χ0n) is 16.8. The van der Waals surface area contributed by atoms with E-state index in [-0.39, 0.29) is 5.82 Å². The van der Waals surface area contributed by atoms with Crippen LogP contribution in [0.1, 0.15) is 38.4 Å². The van der Waals surface area contributed by atoms with E-state index in [2.05, 4.69) is 29.6 Å². The van der Waals surface area contributed by atoms with Gasteiger partial charge in [-0.15, -0.1) is 11.8 Å². The topological polar surface area (TPSA) is 54.3 Å². The number of thioether (sulfide) groups is 1. The molecule has 1 aromatic heterocycles. The minimum atomic E-state index is -0.926. The average molecular weight is 413 g/mol. The van der Waals surface area contributed by atoms with Gasteiger partial charge in [-0.1, -0.05) is 24.3 Å². The van der Waals surface area contributed by atoms with Crippen molar-refractivity contribution in [2.75, 3.05) is 6.26 Å². The molecule has 0 bridgehead atoms. The van der Waals surface area contributed by atoms with E-state index < -0.39 is 5.97 Å². The summed E-state index contributed by atoms with van der Waals surface area (Å²) in [5.41, 5.74) is 4.83. The van der Waals surface area contributed by atoms with E-state index >= 15 is 0 Å². The van der Waals surface area contributed by atoms with E-state index in [9.17, 15) is 14.3 Å². The summed E-state index contributed by atoms with van der Waals surface area (Å²) in [6, 6.07) is 14.6. The highest BCUT2D eigenvalue weighted by Crippen LogP contribution is 2.24. The monoisotopic (exact) mass is 412 g/mol. The Morgan fingerprint density at radius 3 is 2.21 bits per heavy atom. The van der Waals surface area contributed by atoms with Gasteiger partial charge in [0.1, 0.15) is 5.82 Å². The van der Waals surface area contributed by atoms with Crippen molar-refractivity contribution in [1.29, 1.82) is 0 Å². The molecule has 4 nitrogen and oxygen atoms in total. The fraction of sp³-hybridized carbons (Fsp3) is 0.261. The molecule has 1 heterocycles. The van der Waals surface area contributed by atoms with Crippen LogP contribution in [-0.2, 0) is 19.6 Å². The average Bonchev–Trinajstić information content (AvgIpc) is 2.94. The first-order valence-corrected chi connectivity index (χ1v) is 10.6. The first-order chi connectivity index (χ1) is 13.9. The van der Waals surface area contributed by atoms with Crippen molar-refractivity contribution in [2.24, 2.45) is 0 Å². The number of carboxylic acid groups (broad SMARTS) is 1. The summed E-state index contributed by atoms with van der Waals surface area (Å²) in [4.78, 5) is 13.1. The number of nitrogens with one attached hydrogen (secondary N) is 1. The van der Waals surface area contributed by atoms with Crippen LogP contribution in [-0.4, -0.2) is 21.9 Å². The smallest absolute Gasteiger partial charge is 0.337 e. The molecule has 0 saturated carbocycles. The largest absolute Gasteiger partial charge is 0.478 e. The van der Waals surface area contributed by atoms with E-state index in [1.54, 1.807) is 23.9 Å². The fourth-order valence-electron chi connectivity index (χ4n) is 3.53. The number of halogens is 1. The predicted octanol–water partition coefficient (Wildman–Crippen LogP) is 5.00. The van der Waals surface area contributed by atoms with Gasteiger partial charge in [0.2, 0.25) is 0 Å². The van der Waals surface area contributed by atoms with Crippen molar-refractivity contribution in [3.63, 3.8) is 0 Å². The van der Waals surface area contributed by atoms with Gasteiger partial charge in [0, 0.05) is 41.5 Å². The van der Waals surface area contributed by atoms with Gasteiger partial charge < -0.3 is 15.0 Å². The number of hydrogen-bond donors (Lipinski definition) is 2. The maximum Gasteiger partial charge on any atom is 0.337 e. The Hall–Kier alpha value is -2.57. The van der Waals surface area contributed by atoms with Crippen LogP contribution in [0.15, 0.2) is 53.4 Å². The molecule has 0 aliphatic heterocycles. The van der Waals surface area contributed by atoms with Crippen LogP contribution >= 0.6 is 11.8 Å². The molecule has 0 aliphatic rings. The van der Waals surface area contributed by atoms with Crippen LogP contribution in [0.25, 0.3) is 0 Å². The number of aromatic carboxylic acids is 1. The maximum absolute atomic E-state index is 13.2. The summed E-state index contributed by atoms with van der Waals surface area (Å²) in [6.07, 6.45) is 2.04. The van der Waals surface area contributed by atoms with Crippen molar-refractivity contribution in [3.05, 3.63) is 88.0 Å². The molecule has 0 amide bonds. The maximum atomic E-state index is 13.2. The first kappa shape index (κ1) is 21.1. The third-order valence-corrected chi connectivity index (χ3v) is 5.91. The van der Waals surface area contributed by atoms with Crippen LogP contribution in [0.4, 0.5) is 4.39 Å². The summed E-state index contributed by atoms with van der Waals surface area (Å²) in [5, 5.41) is 13.1. The number of rotatable bonds is 8. The van der Waals surface area contributed by atoms with Gasteiger partial charge in [0.05, 0.1) is 5.56 Å². The Bertz CT molecular complexity index is 995. The standard InChI is InChI=1S/C23H25FN2O2S/c1-15-21(13-25-12-17-6-10-20(29-3)11-7-17)22(23(27)28)16(2)26(15)14-18-4-8-19(24)9-5-18/h4-11,25H,12-14H2,1-3H3,(H,27,28). The second-order valence-electron chi connectivity index (χ2n) is 6.99. The molecule has 0 spiro atoms. The van der Waals surface area contributed by atoms with Gasteiger partial charge in [-0.05, 0) is 55.5 Å². The van der Waals surface area contributed by atoms with Crippen LogP contribution in [0.2, 0.25) is 0 Å². The molecule has 0 atom stereocenters. The normalized spacial score (nSPS) is 11.0. The number of aromatic nitrogens is 1. The third kappa shape index (κ3) is 4.89. The number of carboxylic acids is 1. The highest BCUT2D eigenvalue weighted by Gasteiger charge is 2.22. The van der Waals surface area contributed by atoms with E-state index in [1.165, 1.54) is 17.0 Å². The Labute approximate surface area is 174 Å². The second kappa shape index (κ2) is 9.29. The molecule has 0 fully saturated rings. The summed E-state index contributed by atoms with van der Waals surface area (Å²) < 4.78 is 15.2. The van der Waals surface area contributed by atoms with Gasteiger partial charge in [0.15, 0.2) is 0 Å². The molecule has 2 aromatic carbocycles. The SMILES string of the molecule is CSc1ccc(CNCc2c(C(=O)O)c(C)n(Cc3ccc(F)cc3)c2C)cc1. The molecule has 0 radical (unpaired) electrons. The first-order valence-electron chi connectivity index (χ1n) is 9.40. The van der Waals surface area contributed by atoms with E-state index in [4.69, 9.17) is 0 Å². The molecule has 0 saturated heterocycles. The van der Waals surface area contributed by atoms with E-state index in [0.717, 1.165) is 22.4 Å². The summed E-state index contributed by atoms with van der Waals surface area (Å²) in [5.74, 6) is -1.21. The highest BCUT2D eigenvalue weighted by molar-refractivity contribution is 7.98. The minimum absolute atomic E-state index is 0.281. The van der Waals surface area contributed by atoms with Crippen molar-refractivity contribution < 1.29 is 14.3 Å². The molecular formula is C23H25FN2O2S. The lowest BCUT2D eigenvalue weighted by Gasteiger charge is -2.10. The zero-order valence-corrected chi connectivity index (χ0v) is 17.6. The highest BCUT2D eigenvalue weighted by atomic mass is 32.2. The van der Waals surface area contributed by atoms with Gasteiger partial charge in [-0.3, -0.25) is 0 Å². The molecule has 0 aliphatic carbocycles. The van der Waals surface area contributed by atoms with Crippen LogP contribution < -0.4 is 5.32 Å². The third-order valence-electron chi connectivity index (χ3n) is 5.17. The number of nitrogens with zero attached hydrogens (tertiary/aromatic N) is 1. The minimum Gasteiger partial charge on any atom is -0.478 e. The molecule has 29 heavy (non-hydrogen) atoms. The lowest BCUT2D eigenvalue weighted by molar-refractivity contribution is 0.0694. The van der Waals surface area contributed by atoms with E-state index in [0.29, 0.717) is 30.9 Å². The van der Waals surface area contributed by atoms with Gasteiger partial charge in [-0.25, -0.2) is 9.18 Å². The summed E-state index contributed by atoms with van der Waals surface area (Å²) in [6.45, 7) is 5.40. The van der Waals surface area contributed by atoms with Gasteiger partial charge in [0.25, 0.3) is 0 Å². The number of benzene rings is 2. The van der Waals surface area contributed by atoms with Crippen molar-refractivity contribution in [1.82, 2.24) is 9.88 Å². The molecule has 3 aromatic rings.